The lowest BCUT2D eigenvalue weighted by Gasteiger charge is -2.42. The van der Waals surface area contributed by atoms with Gasteiger partial charge in [-0.25, -0.2) is 0 Å². The highest BCUT2D eigenvalue weighted by molar-refractivity contribution is 5.32. The average molecular weight is 580 g/mol. The van der Waals surface area contributed by atoms with E-state index in [1.165, 1.54) is 0 Å². The lowest BCUT2D eigenvalue weighted by molar-refractivity contribution is -0.443. The normalized spacial score (nSPS) is 16.5. The maximum absolute atomic E-state index is 14.1. The maximum Gasteiger partial charge on any atom is 0.460 e. The summed E-state index contributed by atoms with van der Waals surface area (Å²) in [6.45, 7) is 1.71. The molecule has 0 spiro atoms. The van der Waals surface area contributed by atoms with Gasteiger partial charge in [-0.05, 0) is 24.1 Å². The molecule has 1 atom stereocenters. The van der Waals surface area contributed by atoms with E-state index in [0.29, 0.717) is 25.0 Å². The van der Waals surface area contributed by atoms with Crippen LogP contribution in [0.15, 0.2) is 24.3 Å². The van der Waals surface area contributed by atoms with Crippen LogP contribution in [0.3, 0.4) is 0 Å². The zero-order valence-electron chi connectivity index (χ0n) is 18.0. The van der Waals surface area contributed by atoms with Gasteiger partial charge in [0.25, 0.3) is 0 Å². The molecule has 1 unspecified atom stereocenters. The third-order valence-corrected chi connectivity index (χ3v) is 5.04. The van der Waals surface area contributed by atoms with Gasteiger partial charge >= 0.3 is 42.0 Å². The van der Waals surface area contributed by atoms with Gasteiger partial charge in [0.2, 0.25) is 0 Å². The van der Waals surface area contributed by atoms with Gasteiger partial charge in [-0.1, -0.05) is 25.5 Å². The molecule has 0 saturated carbocycles. The Kier molecular flexibility index (Phi) is 8.77. The van der Waals surface area contributed by atoms with Crippen molar-refractivity contribution in [1.82, 2.24) is 0 Å². The van der Waals surface area contributed by atoms with Gasteiger partial charge < -0.3 is 9.84 Å². The predicted molar refractivity (Wildman–Crippen MR) is 92.2 cm³/mol. The summed E-state index contributed by atoms with van der Waals surface area (Å²) in [5.74, 6) is -40.0. The molecule has 1 aromatic rings. The quantitative estimate of drug-likeness (QED) is 0.214. The van der Waals surface area contributed by atoms with Crippen LogP contribution < -0.4 is 4.74 Å². The Labute approximate surface area is 197 Å². The molecule has 0 heterocycles. The van der Waals surface area contributed by atoms with Crippen LogP contribution in [0.25, 0.3) is 0 Å². The van der Waals surface area contributed by atoms with Crippen LogP contribution in [0.1, 0.15) is 31.7 Å². The van der Waals surface area contributed by atoms with Crippen LogP contribution in [0.5, 0.6) is 5.75 Å². The van der Waals surface area contributed by atoms with E-state index in [2.05, 4.69) is 0 Å². The van der Waals surface area contributed by atoms with Crippen molar-refractivity contribution in [2.45, 2.75) is 73.8 Å². The number of hydrogen-bond donors (Lipinski definition) is 1. The zero-order valence-corrected chi connectivity index (χ0v) is 18.0. The van der Waals surface area contributed by atoms with E-state index in [0.717, 1.165) is 0 Å². The Balaban J connectivity index is 3.55. The van der Waals surface area contributed by atoms with E-state index in [1.807, 2.05) is 0 Å². The van der Waals surface area contributed by atoms with Crippen LogP contribution >= 0.6 is 0 Å². The Hall–Kier alpha value is -2.14. The van der Waals surface area contributed by atoms with E-state index in [-0.39, 0.29) is 24.5 Å². The molecule has 1 aromatic carbocycles. The highest BCUT2D eigenvalue weighted by Gasteiger charge is 2.91. The lowest BCUT2D eigenvalue weighted by atomic mass is 9.82. The third kappa shape index (κ3) is 5.53. The fraction of sp³-hybridized carbons (Fsp3) is 0.684. The molecule has 0 bridgehead atoms. The first-order chi connectivity index (χ1) is 16.2. The van der Waals surface area contributed by atoms with Crippen LogP contribution in [0.2, 0.25) is 0 Å². The molecular formula is C19H16F16O2. The summed E-state index contributed by atoms with van der Waals surface area (Å²) < 4.78 is 218. The second kappa shape index (κ2) is 9.87. The van der Waals surface area contributed by atoms with Gasteiger partial charge in [-0.3, -0.25) is 0 Å². The van der Waals surface area contributed by atoms with E-state index in [4.69, 9.17) is 4.74 Å². The lowest BCUT2D eigenvalue weighted by Crippen LogP contribution is -2.70. The first-order valence-electron chi connectivity index (χ1n) is 9.73. The second-order valence-corrected chi connectivity index (χ2v) is 7.76. The summed E-state index contributed by atoms with van der Waals surface area (Å²) in [6.07, 6.45) is -16.9. The minimum atomic E-state index is -8.29. The van der Waals surface area contributed by atoms with Gasteiger partial charge in [0.05, 0.1) is 13.0 Å². The Morgan fingerprint density at radius 3 is 1.43 bits per heavy atom. The van der Waals surface area contributed by atoms with Gasteiger partial charge in [0.1, 0.15) is 5.75 Å². The number of unbranched alkanes of at least 4 members (excludes halogenated alkanes) is 1. The number of rotatable bonds is 11. The summed E-state index contributed by atoms with van der Waals surface area (Å²) in [7, 11) is 0. The summed E-state index contributed by atoms with van der Waals surface area (Å²) in [6, 6.07) is 1.55. The number of aliphatic hydroxyl groups is 1. The van der Waals surface area contributed by atoms with E-state index < -0.39 is 59.6 Å². The molecule has 0 fully saturated rings. The first kappa shape index (κ1) is 32.9. The second-order valence-electron chi connectivity index (χ2n) is 7.76. The van der Waals surface area contributed by atoms with Crippen LogP contribution in [-0.2, 0) is 5.60 Å². The number of benzene rings is 1. The van der Waals surface area contributed by atoms with Crippen molar-refractivity contribution in [2.24, 2.45) is 0 Å². The number of halogens is 16. The van der Waals surface area contributed by atoms with Crippen molar-refractivity contribution in [3.8, 4) is 5.75 Å². The van der Waals surface area contributed by atoms with Crippen LogP contribution in [0.4, 0.5) is 70.2 Å². The largest absolute Gasteiger partial charge is 0.494 e. The summed E-state index contributed by atoms with van der Waals surface area (Å²) in [4.78, 5) is 0. The van der Waals surface area contributed by atoms with Crippen molar-refractivity contribution >= 4 is 0 Å². The van der Waals surface area contributed by atoms with Gasteiger partial charge in [-0.2, -0.15) is 70.2 Å². The molecule has 0 saturated heterocycles. The Morgan fingerprint density at radius 1 is 0.622 bits per heavy atom. The van der Waals surface area contributed by atoms with Crippen molar-refractivity contribution in [2.75, 3.05) is 6.61 Å². The molecule has 0 radical (unpaired) electrons. The fourth-order valence-electron chi connectivity index (χ4n) is 2.76. The zero-order chi connectivity index (χ0) is 29.5. The molecule has 1 N–H and O–H groups in total. The first-order valence-corrected chi connectivity index (χ1v) is 9.73. The minimum absolute atomic E-state index is 0.00443. The van der Waals surface area contributed by atoms with Crippen LogP contribution in [-0.4, -0.2) is 53.7 Å². The molecule has 216 valence electrons. The van der Waals surface area contributed by atoms with Crippen molar-refractivity contribution in [3.05, 3.63) is 29.8 Å². The topological polar surface area (TPSA) is 29.5 Å². The monoisotopic (exact) mass is 580 g/mol. The molecular weight excluding hydrogens is 564 g/mol. The Bertz CT molecular complexity index is 904. The van der Waals surface area contributed by atoms with E-state index in [9.17, 15) is 75.4 Å². The van der Waals surface area contributed by atoms with Gasteiger partial charge in [0, 0.05) is 0 Å². The van der Waals surface area contributed by atoms with Crippen molar-refractivity contribution < 1.29 is 80.1 Å². The number of alkyl halides is 16. The van der Waals surface area contributed by atoms with Crippen molar-refractivity contribution in [3.63, 3.8) is 0 Å². The van der Waals surface area contributed by atoms with Gasteiger partial charge in [0.15, 0.2) is 5.60 Å². The highest BCUT2D eigenvalue weighted by Crippen LogP contribution is 2.62. The standard InChI is InChI=1S/C19H16F16O2/c1-2-3-8-37-11-6-4-10(5-7-11)12(36,18(30,31)32)9-13(20,21)14(22,23)15(24,25)16(26,27)17(28,29)19(33,34)35/h4-7,36H,2-3,8-9H2,1H3. The smallest absolute Gasteiger partial charge is 0.460 e. The molecule has 0 aromatic heterocycles. The predicted octanol–water partition coefficient (Wildman–Crippen LogP) is 7.74. The summed E-state index contributed by atoms with van der Waals surface area (Å²) >= 11 is 0. The molecule has 0 aliphatic rings. The van der Waals surface area contributed by atoms with Crippen molar-refractivity contribution in [1.29, 1.82) is 0 Å². The molecule has 0 aliphatic carbocycles. The van der Waals surface area contributed by atoms with Gasteiger partial charge in [-0.15, -0.1) is 0 Å². The molecule has 2 nitrogen and oxygen atoms in total. The molecule has 0 aliphatic heterocycles. The minimum Gasteiger partial charge on any atom is -0.494 e. The third-order valence-electron chi connectivity index (χ3n) is 5.04. The molecule has 1 rings (SSSR count). The summed E-state index contributed by atoms with van der Waals surface area (Å²) in [5.41, 5.74) is -6.94. The fourth-order valence-corrected chi connectivity index (χ4v) is 2.76. The number of hydrogen-bond acceptors (Lipinski definition) is 2. The average Bonchev–Trinajstić information content (AvgIpc) is 2.71. The molecule has 0 amide bonds. The van der Waals surface area contributed by atoms with Crippen LogP contribution in [0, 0.1) is 0 Å². The molecule has 18 heteroatoms. The Morgan fingerprint density at radius 2 is 1.05 bits per heavy atom. The van der Waals surface area contributed by atoms with E-state index >= 15 is 0 Å². The maximum atomic E-state index is 14.1. The number of ether oxygens (including phenoxy) is 1. The SMILES string of the molecule is CCCCOc1ccc(C(O)(CC(F)(F)C(F)(F)C(F)(F)C(F)(F)C(F)(F)C(F)(F)F)C(F)(F)F)cc1. The highest BCUT2D eigenvalue weighted by atomic mass is 19.4. The van der Waals surface area contributed by atoms with E-state index in [1.54, 1.807) is 6.92 Å². The summed E-state index contributed by atoms with van der Waals surface area (Å²) in [5, 5.41) is 9.84. The molecule has 37 heavy (non-hydrogen) atoms.